The van der Waals surface area contributed by atoms with Crippen LogP contribution in [0.3, 0.4) is 0 Å². The first-order chi connectivity index (χ1) is 17.0. The van der Waals surface area contributed by atoms with Crippen LogP contribution in [0, 0.1) is 11.3 Å². The number of aryl methyl sites for hydroxylation is 2. The van der Waals surface area contributed by atoms with E-state index >= 15 is 0 Å². The fraction of sp³-hybridized carbons (Fsp3) is 0.433. The molecule has 0 aliphatic heterocycles. The van der Waals surface area contributed by atoms with Gasteiger partial charge in [0.25, 0.3) is 0 Å². The average Bonchev–Trinajstić information content (AvgIpc) is 2.86. The summed E-state index contributed by atoms with van der Waals surface area (Å²) in [5.74, 6) is 1.96. The van der Waals surface area contributed by atoms with Crippen LogP contribution in [0.2, 0.25) is 0 Å². The van der Waals surface area contributed by atoms with Crippen LogP contribution in [0.5, 0.6) is 0 Å². The van der Waals surface area contributed by atoms with Gasteiger partial charge in [-0.25, -0.2) is 9.97 Å². The molecule has 4 N–H and O–H groups in total. The third-order valence-corrected chi connectivity index (χ3v) is 6.85. The Hall–Kier alpha value is -3.21. The lowest BCUT2D eigenvalue weighted by Crippen LogP contribution is -2.20. The molecule has 35 heavy (non-hydrogen) atoms. The second-order valence-corrected chi connectivity index (χ2v) is 10.2. The fourth-order valence-electron chi connectivity index (χ4n) is 5.13. The standard InChI is InChI=1S/C30H39N5/c1-21(2)20-26-27(15-9-12-22-10-5-3-6-11-22)34-29(24-13-7-4-8-14-24)35-28(26)23-16-18-25(19-17-23)33-30(31)32/h3,5-6,10-11,16-19,21,24H,4,7-9,12-15,20H2,1-2H3,(H4,31,32,33). The van der Waals surface area contributed by atoms with Gasteiger partial charge >= 0.3 is 0 Å². The van der Waals surface area contributed by atoms with Crippen LogP contribution in [0.15, 0.2) is 54.6 Å². The van der Waals surface area contributed by atoms with Crippen molar-refractivity contribution < 1.29 is 0 Å². The lowest BCUT2D eigenvalue weighted by Gasteiger charge is -2.24. The van der Waals surface area contributed by atoms with Crippen LogP contribution >= 0.6 is 0 Å². The number of aromatic nitrogens is 2. The molecular formula is C30H39N5. The van der Waals surface area contributed by atoms with Crippen LogP contribution in [-0.2, 0) is 19.3 Å². The Balaban J connectivity index is 1.71. The molecule has 0 spiro atoms. The Kier molecular flexibility index (Phi) is 8.51. The van der Waals surface area contributed by atoms with Gasteiger partial charge in [0.05, 0.1) is 5.69 Å². The van der Waals surface area contributed by atoms with E-state index in [9.17, 15) is 0 Å². The van der Waals surface area contributed by atoms with E-state index in [2.05, 4.69) is 61.6 Å². The number of benzene rings is 2. The van der Waals surface area contributed by atoms with Gasteiger partial charge in [0.15, 0.2) is 5.96 Å². The summed E-state index contributed by atoms with van der Waals surface area (Å²) < 4.78 is 0. The van der Waals surface area contributed by atoms with Crippen molar-refractivity contribution in [1.82, 2.24) is 9.97 Å². The maximum atomic E-state index is 7.50. The second-order valence-electron chi connectivity index (χ2n) is 10.2. The Morgan fingerprint density at radius 3 is 2.34 bits per heavy atom. The van der Waals surface area contributed by atoms with Crippen LogP contribution in [0.1, 0.15) is 80.9 Å². The van der Waals surface area contributed by atoms with Crippen molar-refractivity contribution in [2.75, 3.05) is 5.32 Å². The van der Waals surface area contributed by atoms with Crippen LogP contribution < -0.4 is 11.1 Å². The summed E-state index contributed by atoms with van der Waals surface area (Å²) in [6.07, 6.45) is 10.3. The summed E-state index contributed by atoms with van der Waals surface area (Å²) in [7, 11) is 0. The van der Waals surface area contributed by atoms with Gasteiger partial charge in [-0.3, -0.25) is 5.41 Å². The summed E-state index contributed by atoms with van der Waals surface area (Å²) in [5, 5.41) is 10.4. The maximum absolute atomic E-state index is 7.50. The molecular weight excluding hydrogens is 430 g/mol. The van der Waals surface area contributed by atoms with E-state index < -0.39 is 0 Å². The second kappa shape index (κ2) is 12.0. The van der Waals surface area contributed by atoms with Crippen molar-refractivity contribution in [3.8, 4) is 11.3 Å². The molecule has 0 atom stereocenters. The van der Waals surface area contributed by atoms with Gasteiger partial charge in [-0.15, -0.1) is 0 Å². The van der Waals surface area contributed by atoms with Crippen molar-refractivity contribution in [2.24, 2.45) is 11.7 Å². The number of nitrogens with one attached hydrogen (secondary N) is 2. The highest BCUT2D eigenvalue weighted by Crippen LogP contribution is 2.35. The van der Waals surface area contributed by atoms with Gasteiger partial charge in [-0.2, -0.15) is 0 Å². The smallest absolute Gasteiger partial charge is 0.190 e. The average molecular weight is 470 g/mol. The lowest BCUT2D eigenvalue weighted by atomic mass is 9.87. The third kappa shape index (κ3) is 6.91. The van der Waals surface area contributed by atoms with Gasteiger partial charge in [-0.1, -0.05) is 75.6 Å². The van der Waals surface area contributed by atoms with Crippen molar-refractivity contribution in [3.05, 3.63) is 77.2 Å². The number of hydrogen-bond donors (Lipinski definition) is 3. The first-order valence-electron chi connectivity index (χ1n) is 13.1. The molecule has 4 rings (SSSR count). The van der Waals surface area contributed by atoms with Crippen molar-refractivity contribution in [3.63, 3.8) is 0 Å². The zero-order valence-corrected chi connectivity index (χ0v) is 21.2. The SMILES string of the molecule is CC(C)Cc1c(CCCc2ccccc2)nc(C2CCCCC2)nc1-c1ccc(NC(=N)N)cc1. The van der Waals surface area contributed by atoms with Crippen LogP contribution in [-0.4, -0.2) is 15.9 Å². The zero-order valence-electron chi connectivity index (χ0n) is 21.2. The highest BCUT2D eigenvalue weighted by molar-refractivity contribution is 5.90. The molecule has 1 aliphatic carbocycles. The molecule has 1 aliphatic rings. The van der Waals surface area contributed by atoms with Crippen LogP contribution in [0.25, 0.3) is 11.3 Å². The number of anilines is 1. The van der Waals surface area contributed by atoms with E-state index in [0.717, 1.165) is 48.5 Å². The van der Waals surface area contributed by atoms with E-state index in [1.807, 2.05) is 12.1 Å². The van der Waals surface area contributed by atoms with Gasteiger partial charge < -0.3 is 11.1 Å². The number of guanidine groups is 1. The molecule has 5 heteroatoms. The van der Waals surface area contributed by atoms with E-state index in [1.54, 1.807) is 0 Å². The van der Waals surface area contributed by atoms with Gasteiger partial charge in [0.2, 0.25) is 0 Å². The quantitative estimate of drug-likeness (QED) is 0.236. The molecule has 0 saturated heterocycles. The summed E-state index contributed by atoms with van der Waals surface area (Å²) in [6, 6.07) is 18.9. The highest BCUT2D eigenvalue weighted by Gasteiger charge is 2.23. The van der Waals surface area contributed by atoms with E-state index in [0.29, 0.717) is 11.8 Å². The summed E-state index contributed by atoms with van der Waals surface area (Å²) >= 11 is 0. The minimum Gasteiger partial charge on any atom is -0.370 e. The molecule has 0 unspecified atom stereocenters. The Labute approximate surface area is 210 Å². The van der Waals surface area contributed by atoms with Crippen molar-refractivity contribution >= 4 is 11.6 Å². The van der Waals surface area contributed by atoms with E-state index in [-0.39, 0.29) is 5.96 Å². The molecule has 2 aromatic carbocycles. The number of rotatable bonds is 9. The Bertz CT molecular complexity index is 1100. The molecule has 0 radical (unpaired) electrons. The fourth-order valence-corrected chi connectivity index (χ4v) is 5.13. The molecule has 0 amide bonds. The molecule has 5 nitrogen and oxygen atoms in total. The molecule has 1 aromatic heterocycles. The van der Waals surface area contributed by atoms with Crippen molar-refractivity contribution in [1.29, 1.82) is 5.41 Å². The summed E-state index contributed by atoms with van der Waals surface area (Å²) in [4.78, 5) is 10.5. The zero-order chi connectivity index (χ0) is 24.6. The molecule has 1 fully saturated rings. The van der Waals surface area contributed by atoms with E-state index in [4.69, 9.17) is 21.1 Å². The van der Waals surface area contributed by atoms with Crippen molar-refractivity contribution in [2.45, 2.75) is 77.6 Å². The number of hydrogen-bond acceptors (Lipinski definition) is 3. The Morgan fingerprint density at radius 2 is 1.69 bits per heavy atom. The first-order valence-corrected chi connectivity index (χ1v) is 13.1. The highest BCUT2D eigenvalue weighted by atomic mass is 15.0. The largest absolute Gasteiger partial charge is 0.370 e. The molecule has 0 bridgehead atoms. The minimum absolute atomic E-state index is 0.0550. The lowest BCUT2D eigenvalue weighted by molar-refractivity contribution is 0.427. The van der Waals surface area contributed by atoms with E-state index in [1.165, 1.54) is 48.9 Å². The first kappa shape index (κ1) is 24.9. The van der Waals surface area contributed by atoms with Gasteiger partial charge in [-0.05, 0) is 62.1 Å². The molecule has 1 saturated carbocycles. The maximum Gasteiger partial charge on any atom is 0.190 e. The number of nitrogens with two attached hydrogens (primary N) is 1. The molecule has 1 heterocycles. The Morgan fingerprint density at radius 1 is 0.971 bits per heavy atom. The van der Waals surface area contributed by atoms with Gasteiger partial charge in [0, 0.05) is 28.4 Å². The van der Waals surface area contributed by atoms with Gasteiger partial charge in [0.1, 0.15) is 5.82 Å². The number of nitrogens with zero attached hydrogens (tertiary/aromatic N) is 2. The third-order valence-electron chi connectivity index (χ3n) is 6.85. The topological polar surface area (TPSA) is 87.7 Å². The predicted molar refractivity (Wildman–Crippen MR) is 146 cm³/mol. The minimum atomic E-state index is -0.0550. The molecule has 3 aromatic rings. The predicted octanol–water partition coefficient (Wildman–Crippen LogP) is 6.87. The van der Waals surface area contributed by atoms with Crippen LogP contribution in [0.4, 0.5) is 5.69 Å². The normalized spacial score (nSPS) is 14.3. The summed E-state index contributed by atoms with van der Waals surface area (Å²) in [6.45, 7) is 4.54. The monoisotopic (exact) mass is 469 g/mol. The molecule has 184 valence electrons. The summed E-state index contributed by atoms with van der Waals surface area (Å²) in [5.41, 5.74) is 12.4.